The molecule has 3 heteroatoms. The first-order valence-corrected chi connectivity index (χ1v) is 15.3. The number of furan rings is 1. The molecule has 7 aromatic carbocycles. The van der Waals surface area contributed by atoms with Gasteiger partial charge in [-0.15, -0.1) is 11.3 Å². The van der Waals surface area contributed by atoms with Crippen LogP contribution in [0.4, 0.5) is 17.1 Å². The molecular formula is C40H25NOS. The van der Waals surface area contributed by atoms with Crippen molar-refractivity contribution in [3.8, 4) is 11.1 Å². The van der Waals surface area contributed by atoms with Gasteiger partial charge >= 0.3 is 0 Å². The minimum Gasteiger partial charge on any atom is -0.455 e. The number of anilines is 3. The largest absolute Gasteiger partial charge is 0.455 e. The van der Waals surface area contributed by atoms with Crippen molar-refractivity contribution in [3.05, 3.63) is 152 Å². The van der Waals surface area contributed by atoms with E-state index in [1.54, 1.807) is 0 Å². The van der Waals surface area contributed by atoms with Gasteiger partial charge in [0.05, 0.1) is 0 Å². The molecule has 0 bridgehead atoms. The lowest BCUT2D eigenvalue weighted by atomic mass is 9.96. The summed E-state index contributed by atoms with van der Waals surface area (Å²) in [5, 5.41) is 7.29. The van der Waals surface area contributed by atoms with Gasteiger partial charge in [0.25, 0.3) is 0 Å². The third-order valence-corrected chi connectivity index (χ3v) is 9.56. The quantitative estimate of drug-likeness (QED) is 0.210. The van der Waals surface area contributed by atoms with E-state index in [1.165, 1.54) is 30.9 Å². The summed E-state index contributed by atoms with van der Waals surface area (Å²) in [7, 11) is 0. The molecule has 9 rings (SSSR count). The Morgan fingerprint density at radius 1 is 0.465 bits per heavy atom. The van der Waals surface area contributed by atoms with Crippen LogP contribution in [0.15, 0.2) is 156 Å². The molecule has 2 nitrogen and oxygen atoms in total. The molecule has 202 valence electrons. The number of thiophene rings is 1. The molecule has 0 amide bonds. The Bertz CT molecular complexity index is 2460. The molecule has 2 heterocycles. The van der Waals surface area contributed by atoms with Crippen molar-refractivity contribution in [1.29, 1.82) is 0 Å². The van der Waals surface area contributed by atoms with E-state index in [9.17, 15) is 0 Å². The van der Waals surface area contributed by atoms with Gasteiger partial charge in [0.2, 0.25) is 0 Å². The third-order valence-electron chi connectivity index (χ3n) is 8.42. The number of rotatable bonds is 4. The molecule has 0 saturated carbocycles. The maximum absolute atomic E-state index is 6.67. The highest BCUT2D eigenvalue weighted by Gasteiger charge is 2.20. The van der Waals surface area contributed by atoms with Crippen LogP contribution in [0.1, 0.15) is 0 Å². The van der Waals surface area contributed by atoms with E-state index >= 15 is 0 Å². The Balaban J connectivity index is 1.31. The van der Waals surface area contributed by atoms with Crippen LogP contribution in [0.2, 0.25) is 0 Å². The fraction of sp³-hybridized carbons (Fsp3) is 0. The van der Waals surface area contributed by atoms with Gasteiger partial charge in [-0.3, -0.25) is 0 Å². The van der Waals surface area contributed by atoms with Crippen LogP contribution < -0.4 is 4.90 Å². The molecule has 0 radical (unpaired) electrons. The predicted octanol–water partition coefficient (Wildman–Crippen LogP) is 12.2. The highest BCUT2D eigenvalue weighted by molar-refractivity contribution is 7.25. The van der Waals surface area contributed by atoms with Crippen molar-refractivity contribution in [3.63, 3.8) is 0 Å². The fourth-order valence-electron chi connectivity index (χ4n) is 6.46. The van der Waals surface area contributed by atoms with Gasteiger partial charge in [-0.25, -0.2) is 0 Å². The van der Waals surface area contributed by atoms with Crippen molar-refractivity contribution < 1.29 is 4.42 Å². The molecule has 9 aromatic rings. The van der Waals surface area contributed by atoms with Crippen LogP contribution in [-0.2, 0) is 0 Å². The first-order chi connectivity index (χ1) is 21.3. The van der Waals surface area contributed by atoms with Gasteiger partial charge < -0.3 is 9.32 Å². The van der Waals surface area contributed by atoms with Crippen LogP contribution in [0.3, 0.4) is 0 Å². The standard InChI is InChI=1S/C40H25NOS/c1-3-11-26(12-4-1)34-23-27-13-7-8-16-31(27)39-35-24-29(20-22-36(35)42-40(34)39)41(28-14-5-2-6-15-28)30-19-21-33-32-17-9-10-18-37(32)43-38(33)25-30/h1-25H. The van der Waals surface area contributed by atoms with Crippen molar-refractivity contribution in [1.82, 2.24) is 0 Å². The zero-order valence-corrected chi connectivity index (χ0v) is 24.0. The van der Waals surface area contributed by atoms with Crippen LogP contribution in [-0.4, -0.2) is 0 Å². The van der Waals surface area contributed by atoms with Gasteiger partial charge in [0, 0.05) is 53.6 Å². The number of para-hydroxylation sites is 1. The minimum atomic E-state index is 0.889. The smallest absolute Gasteiger partial charge is 0.143 e. The molecule has 0 fully saturated rings. The summed E-state index contributed by atoms with van der Waals surface area (Å²) >= 11 is 1.85. The summed E-state index contributed by atoms with van der Waals surface area (Å²) in [6.07, 6.45) is 0. The number of nitrogens with zero attached hydrogens (tertiary/aromatic N) is 1. The summed E-state index contributed by atoms with van der Waals surface area (Å²) in [5.41, 5.74) is 7.42. The Labute approximate surface area is 252 Å². The van der Waals surface area contributed by atoms with Crippen molar-refractivity contribution in [2.45, 2.75) is 0 Å². The van der Waals surface area contributed by atoms with Crippen LogP contribution in [0, 0.1) is 0 Å². The lowest BCUT2D eigenvalue weighted by Crippen LogP contribution is -2.09. The maximum Gasteiger partial charge on any atom is 0.143 e. The molecule has 0 aliphatic carbocycles. The van der Waals surface area contributed by atoms with Gasteiger partial charge in [-0.2, -0.15) is 0 Å². The monoisotopic (exact) mass is 567 g/mol. The second kappa shape index (κ2) is 9.59. The predicted molar refractivity (Wildman–Crippen MR) is 184 cm³/mol. The average Bonchev–Trinajstić information content (AvgIpc) is 3.64. The number of fused-ring (bicyclic) bond motifs is 8. The molecule has 43 heavy (non-hydrogen) atoms. The van der Waals surface area contributed by atoms with E-state index in [2.05, 4.69) is 157 Å². The van der Waals surface area contributed by atoms with Gasteiger partial charge in [-0.1, -0.05) is 97.1 Å². The molecule has 0 spiro atoms. The lowest BCUT2D eigenvalue weighted by Gasteiger charge is -2.25. The van der Waals surface area contributed by atoms with Crippen molar-refractivity contribution >= 4 is 81.3 Å². The van der Waals surface area contributed by atoms with E-state index in [1.807, 2.05) is 11.3 Å². The first kappa shape index (κ1) is 24.2. The summed E-state index contributed by atoms with van der Waals surface area (Å²) in [6, 6.07) is 54.2. The molecule has 0 aliphatic heterocycles. The van der Waals surface area contributed by atoms with Crippen molar-refractivity contribution in [2.75, 3.05) is 4.90 Å². The first-order valence-electron chi connectivity index (χ1n) is 14.5. The third kappa shape index (κ3) is 3.86. The molecular weight excluding hydrogens is 543 g/mol. The number of benzene rings is 7. The number of hydrogen-bond donors (Lipinski definition) is 0. The minimum absolute atomic E-state index is 0.889. The molecule has 0 saturated heterocycles. The highest BCUT2D eigenvalue weighted by Crippen LogP contribution is 2.45. The summed E-state index contributed by atoms with van der Waals surface area (Å²) in [5.74, 6) is 0. The average molecular weight is 568 g/mol. The van der Waals surface area contributed by atoms with Crippen LogP contribution in [0.5, 0.6) is 0 Å². The molecule has 0 unspecified atom stereocenters. The highest BCUT2D eigenvalue weighted by atomic mass is 32.1. The Morgan fingerprint density at radius 3 is 2.00 bits per heavy atom. The Morgan fingerprint density at radius 2 is 1.14 bits per heavy atom. The Kier molecular flexibility index (Phi) is 5.40. The molecule has 2 aromatic heterocycles. The van der Waals surface area contributed by atoms with E-state index in [-0.39, 0.29) is 0 Å². The van der Waals surface area contributed by atoms with Crippen LogP contribution >= 0.6 is 11.3 Å². The molecule has 0 atom stereocenters. The fourth-order valence-corrected chi connectivity index (χ4v) is 7.60. The zero-order valence-electron chi connectivity index (χ0n) is 23.2. The molecule has 0 aliphatic rings. The van der Waals surface area contributed by atoms with E-state index < -0.39 is 0 Å². The second-order valence-electron chi connectivity index (χ2n) is 10.9. The number of hydrogen-bond acceptors (Lipinski definition) is 3. The van der Waals surface area contributed by atoms with Crippen LogP contribution in [0.25, 0.3) is 64.0 Å². The zero-order chi connectivity index (χ0) is 28.3. The molecule has 0 N–H and O–H groups in total. The Hall–Kier alpha value is -5.38. The summed E-state index contributed by atoms with van der Waals surface area (Å²) < 4.78 is 9.27. The van der Waals surface area contributed by atoms with E-state index in [0.29, 0.717) is 0 Å². The summed E-state index contributed by atoms with van der Waals surface area (Å²) in [6.45, 7) is 0. The SMILES string of the molecule is c1ccc(-c2cc3ccccc3c3c2oc2ccc(N(c4ccccc4)c4ccc5c(c4)sc4ccccc45)cc23)cc1. The van der Waals surface area contributed by atoms with Gasteiger partial charge in [0.1, 0.15) is 11.2 Å². The van der Waals surface area contributed by atoms with Crippen molar-refractivity contribution in [2.24, 2.45) is 0 Å². The maximum atomic E-state index is 6.67. The van der Waals surface area contributed by atoms with E-state index in [4.69, 9.17) is 4.42 Å². The van der Waals surface area contributed by atoms with Gasteiger partial charge in [-0.05, 0) is 70.9 Å². The lowest BCUT2D eigenvalue weighted by molar-refractivity contribution is 0.670. The normalized spacial score (nSPS) is 11.7. The topological polar surface area (TPSA) is 16.4 Å². The summed E-state index contributed by atoms with van der Waals surface area (Å²) in [4.78, 5) is 2.35. The van der Waals surface area contributed by atoms with Gasteiger partial charge in [0.15, 0.2) is 0 Å². The van der Waals surface area contributed by atoms with E-state index in [0.717, 1.165) is 50.1 Å². The second-order valence-corrected chi connectivity index (χ2v) is 12.0.